The maximum absolute atomic E-state index is 13.1. The molecule has 10 heteroatoms. The first-order chi connectivity index (χ1) is 12.9. The van der Waals surface area contributed by atoms with Crippen LogP contribution in [-0.4, -0.2) is 44.2 Å². The van der Waals surface area contributed by atoms with Crippen molar-refractivity contribution in [2.75, 3.05) is 26.5 Å². The van der Waals surface area contributed by atoms with Gasteiger partial charge in [-0.25, -0.2) is 8.42 Å². The van der Waals surface area contributed by atoms with E-state index in [-0.39, 0.29) is 10.6 Å². The number of rotatable bonds is 6. The van der Waals surface area contributed by atoms with Gasteiger partial charge in [-0.2, -0.15) is 4.31 Å². The number of methoxy groups -OCH3 is 2. The van der Waals surface area contributed by atoms with Crippen molar-refractivity contribution in [1.29, 1.82) is 0 Å². The van der Waals surface area contributed by atoms with E-state index in [1.54, 1.807) is 18.2 Å². The lowest BCUT2D eigenvalue weighted by atomic mass is 10.2. The van der Waals surface area contributed by atoms with E-state index in [2.05, 4.69) is 0 Å². The van der Waals surface area contributed by atoms with Crippen LogP contribution >= 0.6 is 11.8 Å². The first-order valence-electron chi connectivity index (χ1n) is 7.98. The van der Waals surface area contributed by atoms with Crippen LogP contribution in [0.5, 0.6) is 11.5 Å². The van der Waals surface area contributed by atoms with E-state index in [9.17, 15) is 18.5 Å². The van der Waals surface area contributed by atoms with Crippen LogP contribution in [0, 0.1) is 10.1 Å². The van der Waals surface area contributed by atoms with Gasteiger partial charge in [0.1, 0.15) is 0 Å². The lowest BCUT2D eigenvalue weighted by molar-refractivity contribution is -0.385. The van der Waals surface area contributed by atoms with E-state index in [1.165, 1.54) is 48.5 Å². The first-order valence-corrected chi connectivity index (χ1v) is 10.5. The minimum atomic E-state index is -3.89. The number of non-ortho nitro benzene ring substituents is 1. The second-order valence-corrected chi connectivity index (χ2v) is 8.79. The molecule has 0 aliphatic carbocycles. The SMILES string of the molecule is COc1ccc([C@@H]2SCCN2S(=O)(=O)c2cccc([N+](=O)[O-])c2)cc1OC. The Morgan fingerprint density at radius 1 is 1.15 bits per heavy atom. The molecule has 1 atom stereocenters. The van der Waals surface area contributed by atoms with Gasteiger partial charge >= 0.3 is 0 Å². The van der Waals surface area contributed by atoms with Gasteiger partial charge in [0.15, 0.2) is 11.5 Å². The lowest BCUT2D eigenvalue weighted by Gasteiger charge is -2.24. The topological polar surface area (TPSA) is 99.0 Å². The van der Waals surface area contributed by atoms with Crippen molar-refractivity contribution >= 4 is 27.5 Å². The van der Waals surface area contributed by atoms with Crippen LogP contribution in [0.25, 0.3) is 0 Å². The number of hydrogen-bond donors (Lipinski definition) is 0. The summed E-state index contributed by atoms with van der Waals surface area (Å²) in [6, 6.07) is 10.4. The molecule has 1 fully saturated rings. The summed E-state index contributed by atoms with van der Waals surface area (Å²) in [6.07, 6.45) is 0. The van der Waals surface area contributed by atoms with Crippen molar-refractivity contribution in [3.8, 4) is 11.5 Å². The summed E-state index contributed by atoms with van der Waals surface area (Å²) >= 11 is 1.48. The van der Waals surface area contributed by atoms with Crippen molar-refractivity contribution in [3.63, 3.8) is 0 Å². The molecule has 0 N–H and O–H groups in total. The quantitative estimate of drug-likeness (QED) is 0.533. The Hall–Kier alpha value is -2.30. The molecule has 3 rings (SSSR count). The monoisotopic (exact) mass is 410 g/mol. The molecule has 0 aromatic heterocycles. The predicted octanol–water partition coefficient (Wildman–Crippen LogP) is 3.05. The molecule has 0 unspecified atom stereocenters. The number of hydrogen-bond acceptors (Lipinski definition) is 7. The second kappa shape index (κ2) is 7.75. The molecule has 2 aromatic rings. The van der Waals surface area contributed by atoms with Crippen molar-refractivity contribution in [2.24, 2.45) is 0 Å². The Kier molecular flexibility index (Phi) is 5.59. The second-order valence-electron chi connectivity index (χ2n) is 5.71. The Morgan fingerprint density at radius 3 is 2.56 bits per heavy atom. The Bertz CT molecular complexity index is 964. The van der Waals surface area contributed by atoms with E-state index >= 15 is 0 Å². The molecular formula is C17H18N2O6S2. The van der Waals surface area contributed by atoms with Crippen LogP contribution in [0.1, 0.15) is 10.9 Å². The summed E-state index contributed by atoms with van der Waals surface area (Å²) in [6.45, 7) is 0.314. The predicted molar refractivity (Wildman–Crippen MR) is 102 cm³/mol. The zero-order valence-electron chi connectivity index (χ0n) is 14.7. The largest absolute Gasteiger partial charge is 0.493 e. The molecule has 1 heterocycles. The van der Waals surface area contributed by atoms with Gasteiger partial charge in [-0.05, 0) is 23.8 Å². The Balaban J connectivity index is 1.98. The maximum atomic E-state index is 13.1. The highest BCUT2D eigenvalue weighted by Crippen LogP contribution is 2.43. The number of thioether (sulfide) groups is 1. The molecule has 0 saturated carbocycles. The number of sulfonamides is 1. The van der Waals surface area contributed by atoms with Crippen molar-refractivity contribution in [1.82, 2.24) is 4.31 Å². The van der Waals surface area contributed by atoms with Crippen LogP contribution < -0.4 is 9.47 Å². The van der Waals surface area contributed by atoms with Crippen LogP contribution in [0.4, 0.5) is 5.69 Å². The van der Waals surface area contributed by atoms with Gasteiger partial charge in [-0.1, -0.05) is 12.1 Å². The zero-order chi connectivity index (χ0) is 19.6. The molecular weight excluding hydrogens is 392 g/mol. The number of ether oxygens (including phenoxy) is 2. The van der Waals surface area contributed by atoms with Gasteiger partial charge in [0, 0.05) is 24.4 Å². The van der Waals surface area contributed by atoms with Gasteiger partial charge in [-0.15, -0.1) is 11.8 Å². The third-order valence-corrected chi connectivity index (χ3v) is 7.43. The fourth-order valence-corrected chi connectivity index (χ4v) is 6.13. The average molecular weight is 410 g/mol. The molecule has 1 saturated heterocycles. The molecule has 1 aliphatic heterocycles. The molecule has 0 radical (unpaired) electrons. The van der Waals surface area contributed by atoms with Gasteiger partial charge in [0.2, 0.25) is 10.0 Å². The van der Waals surface area contributed by atoms with E-state index in [1.807, 2.05) is 0 Å². The average Bonchev–Trinajstić information content (AvgIpc) is 3.18. The molecule has 144 valence electrons. The molecule has 2 aromatic carbocycles. The smallest absolute Gasteiger partial charge is 0.270 e. The highest BCUT2D eigenvalue weighted by atomic mass is 32.2. The number of nitro groups is 1. The van der Waals surface area contributed by atoms with E-state index in [0.29, 0.717) is 23.8 Å². The normalized spacial score (nSPS) is 17.6. The molecule has 8 nitrogen and oxygen atoms in total. The summed E-state index contributed by atoms with van der Waals surface area (Å²) in [5, 5.41) is 10.5. The minimum Gasteiger partial charge on any atom is -0.493 e. The van der Waals surface area contributed by atoms with E-state index in [0.717, 1.165) is 11.6 Å². The molecule has 0 amide bonds. The fraction of sp³-hybridized carbons (Fsp3) is 0.294. The molecule has 0 bridgehead atoms. The van der Waals surface area contributed by atoms with Crippen LogP contribution in [0.15, 0.2) is 47.4 Å². The van der Waals surface area contributed by atoms with Crippen molar-refractivity contribution < 1.29 is 22.8 Å². The maximum Gasteiger partial charge on any atom is 0.270 e. The highest BCUT2D eigenvalue weighted by molar-refractivity contribution is 8.01. The summed E-state index contributed by atoms with van der Waals surface area (Å²) in [4.78, 5) is 10.3. The van der Waals surface area contributed by atoms with Gasteiger partial charge < -0.3 is 9.47 Å². The standard InChI is InChI=1S/C17H18N2O6S2/c1-24-15-7-6-12(10-16(15)25-2)17-18(8-9-26-17)27(22,23)14-5-3-4-13(11-14)19(20)21/h3-7,10-11,17H,8-9H2,1-2H3/t17-/m0/s1. The first kappa shape index (κ1) is 19.5. The lowest BCUT2D eigenvalue weighted by Crippen LogP contribution is -2.30. The summed E-state index contributed by atoms with van der Waals surface area (Å²) in [5.74, 6) is 1.68. The summed E-state index contributed by atoms with van der Waals surface area (Å²) in [7, 11) is -0.848. The number of nitrogens with zero attached hydrogens (tertiary/aromatic N) is 2. The Labute approximate surface area is 161 Å². The third-order valence-electron chi connectivity index (χ3n) is 4.18. The summed E-state index contributed by atoms with van der Waals surface area (Å²) in [5.41, 5.74) is 0.495. The van der Waals surface area contributed by atoms with E-state index < -0.39 is 20.3 Å². The van der Waals surface area contributed by atoms with Crippen LogP contribution in [-0.2, 0) is 10.0 Å². The van der Waals surface area contributed by atoms with E-state index in [4.69, 9.17) is 9.47 Å². The fourth-order valence-electron chi connectivity index (χ4n) is 2.86. The Morgan fingerprint density at radius 2 is 1.89 bits per heavy atom. The molecule has 0 spiro atoms. The van der Waals surface area contributed by atoms with Gasteiger partial charge in [0.25, 0.3) is 5.69 Å². The zero-order valence-corrected chi connectivity index (χ0v) is 16.3. The molecule has 27 heavy (non-hydrogen) atoms. The van der Waals surface area contributed by atoms with Crippen LogP contribution in [0.2, 0.25) is 0 Å². The van der Waals surface area contributed by atoms with Crippen molar-refractivity contribution in [3.05, 3.63) is 58.1 Å². The third kappa shape index (κ3) is 3.73. The summed E-state index contributed by atoms with van der Waals surface area (Å²) < 4.78 is 38.1. The number of benzene rings is 2. The highest BCUT2D eigenvalue weighted by Gasteiger charge is 2.37. The van der Waals surface area contributed by atoms with Gasteiger partial charge in [-0.3, -0.25) is 10.1 Å². The minimum absolute atomic E-state index is 0.0929. The number of nitro benzene ring substituents is 1. The van der Waals surface area contributed by atoms with Crippen molar-refractivity contribution in [2.45, 2.75) is 10.3 Å². The van der Waals surface area contributed by atoms with Gasteiger partial charge in [0.05, 0.1) is 29.4 Å². The van der Waals surface area contributed by atoms with Crippen LogP contribution in [0.3, 0.4) is 0 Å². The molecule has 1 aliphatic rings.